The molecule has 0 amide bonds. The average Bonchev–Trinajstić information content (AvgIpc) is 2.88. The van der Waals surface area contributed by atoms with Crippen LogP contribution in [0.5, 0.6) is 0 Å². The third-order valence-corrected chi connectivity index (χ3v) is 4.10. The van der Waals surface area contributed by atoms with Crippen LogP contribution in [0.4, 0.5) is 5.82 Å². The zero-order valence-electron chi connectivity index (χ0n) is 11.2. The molecule has 3 rings (SSSR count). The smallest absolute Gasteiger partial charge is 0.152 e. The van der Waals surface area contributed by atoms with Crippen LogP contribution in [0.2, 0.25) is 0 Å². The van der Waals surface area contributed by atoms with Gasteiger partial charge in [-0.2, -0.15) is 5.10 Å². The number of anilines is 1. The van der Waals surface area contributed by atoms with Crippen molar-refractivity contribution in [2.75, 3.05) is 11.9 Å². The number of hydrogen-bond acceptors (Lipinski definition) is 4. The molecule has 5 heteroatoms. The Labute approximate surface area is 112 Å². The number of rotatable bonds is 3. The Kier molecular flexibility index (Phi) is 3.14. The van der Waals surface area contributed by atoms with E-state index in [4.69, 9.17) is 0 Å². The van der Waals surface area contributed by atoms with Gasteiger partial charge < -0.3 is 10.4 Å². The van der Waals surface area contributed by atoms with Gasteiger partial charge in [0, 0.05) is 12.4 Å². The van der Waals surface area contributed by atoms with Crippen LogP contribution < -0.4 is 5.32 Å². The minimum atomic E-state index is -0.239. The molecule has 0 aromatic carbocycles. The first-order chi connectivity index (χ1) is 9.22. The maximum atomic E-state index is 9.83. The summed E-state index contributed by atoms with van der Waals surface area (Å²) in [5, 5.41) is 17.5. The summed E-state index contributed by atoms with van der Waals surface area (Å²) >= 11 is 0. The van der Waals surface area contributed by atoms with Crippen molar-refractivity contribution in [2.24, 2.45) is 5.92 Å². The molecule has 0 spiro atoms. The van der Waals surface area contributed by atoms with Crippen LogP contribution in [0.1, 0.15) is 32.6 Å². The minimum absolute atomic E-state index is 0.147. The van der Waals surface area contributed by atoms with Gasteiger partial charge in [-0.1, -0.05) is 19.8 Å². The first-order valence-electron chi connectivity index (χ1n) is 6.90. The van der Waals surface area contributed by atoms with Gasteiger partial charge in [0.05, 0.1) is 18.3 Å². The monoisotopic (exact) mass is 260 g/mol. The van der Waals surface area contributed by atoms with E-state index >= 15 is 0 Å². The van der Waals surface area contributed by atoms with Crippen molar-refractivity contribution in [2.45, 2.75) is 38.1 Å². The second kappa shape index (κ2) is 4.81. The lowest BCUT2D eigenvalue weighted by molar-refractivity contribution is 0.149. The van der Waals surface area contributed by atoms with Gasteiger partial charge >= 0.3 is 0 Å². The van der Waals surface area contributed by atoms with E-state index < -0.39 is 0 Å². The normalized spacial score (nSPS) is 27.6. The van der Waals surface area contributed by atoms with Gasteiger partial charge in [0.2, 0.25) is 0 Å². The van der Waals surface area contributed by atoms with E-state index in [0.29, 0.717) is 5.92 Å². The van der Waals surface area contributed by atoms with Crippen LogP contribution in [0.25, 0.3) is 5.52 Å². The first kappa shape index (κ1) is 12.4. The SMILES string of the molecule is CC1CCCC(CO)(Nc2nccn3nccc23)C1. The highest BCUT2D eigenvalue weighted by molar-refractivity contribution is 5.67. The van der Waals surface area contributed by atoms with Gasteiger partial charge in [0.25, 0.3) is 0 Å². The molecule has 2 N–H and O–H groups in total. The highest BCUT2D eigenvalue weighted by Gasteiger charge is 2.35. The molecular weight excluding hydrogens is 240 g/mol. The summed E-state index contributed by atoms with van der Waals surface area (Å²) in [4.78, 5) is 4.41. The fourth-order valence-electron chi connectivity index (χ4n) is 3.16. The number of aliphatic hydroxyl groups is 1. The Balaban J connectivity index is 1.92. The summed E-state index contributed by atoms with van der Waals surface area (Å²) in [7, 11) is 0. The molecule has 0 bridgehead atoms. The first-order valence-corrected chi connectivity index (χ1v) is 6.90. The summed E-state index contributed by atoms with van der Waals surface area (Å²) in [6.07, 6.45) is 9.70. The van der Waals surface area contributed by atoms with Crippen molar-refractivity contribution in [1.82, 2.24) is 14.6 Å². The van der Waals surface area contributed by atoms with Crippen LogP contribution >= 0.6 is 0 Å². The topological polar surface area (TPSA) is 62.5 Å². The number of aliphatic hydroxyl groups excluding tert-OH is 1. The molecule has 2 unspecified atom stereocenters. The summed E-state index contributed by atoms with van der Waals surface area (Å²) in [6, 6.07) is 1.94. The summed E-state index contributed by atoms with van der Waals surface area (Å²) in [6.45, 7) is 2.40. The molecule has 2 atom stereocenters. The van der Waals surface area contributed by atoms with Crippen molar-refractivity contribution in [1.29, 1.82) is 0 Å². The number of nitrogens with one attached hydrogen (secondary N) is 1. The van der Waals surface area contributed by atoms with Crippen LogP contribution in [-0.4, -0.2) is 31.9 Å². The summed E-state index contributed by atoms with van der Waals surface area (Å²) in [5.74, 6) is 1.45. The van der Waals surface area contributed by atoms with E-state index in [9.17, 15) is 5.11 Å². The summed E-state index contributed by atoms with van der Waals surface area (Å²) < 4.78 is 1.80. The largest absolute Gasteiger partial charge is 0.394 e. The van der Waals surface area contributed by atoms with E-state index in [0.717, 1.165) is 30.6 Å². The van der Waals surface area contributed by atoms with Crippen molar-refractivity contribution in [3.05, 3.63) is 24.7 Å². The van der Waals surface area contributed by atoms with Crippen molar-refractivity contribution in [3.63, 3.8) is 0 Å². The molecule has 1 saturated carbocycles. The van der Waals surface area contributed by atoms with E-state index in [2.05, 4.69) is 22.3 Å². The standard InChI is InChI=1S/C14H20N4O/c1-11-3-2-5-14(9-11,10-19)17-13-12-4-6-16-18(12)8-7-15-13/h4,6-8,11,19H,2-3,5,9-10H2,1H3,(H,15,17). The van der Waals surface area contributed by atoms with Gasteiger partial charge in [-0.25, -0.2) is 9.50 Å². The molecule has 102 valence electrons. The Morgan fingerprint density at radius 2 is 2.42 bits per heavy atom. The Morgan fingerprint density at radius 1 is 1.53 bits per heavy atom. The van der Waals surface area contributed by atoms with Crippen molar-refractivity contribution < 1.29 is 5.11 Å². The van der Waals surface area contributed by atoms with E-state index in [1.54, 1.807) is 16.9 Å². The van der Waals surface area contributed by atoms with Crippen LogP contribution in [-0.2, 0) is 0 Å². The summed E-state index contributed by atoms with van der Waals surface area (Å²) in [5.41, 5.74) is 0.713. The molecule has 0 saturated heterocycles. The van der Waals surface area contributed by atoms with Crippen molar-refractivity contribution >= 4 is 11.3 Å². The predicted molar refractivity (Wildman–Crippen MR) is 74.1 cm³/mol. The average molecular weight is 260 g/mol. The Hall–Kier alpha value is -1.62. The maximum absolute atomic E-state index is 9.83. The highest BCUT2D eigenvalue weighted by Crippen LogP contribution is 2.35. The number of fused-ring (bicyclic) bond motifs is 1. The second-order valence-corrected chi connectivity index (χ2v) is 5.70. The third kappa shape index (κ3) is 2.30. The number of nitrogens with zero attached hydrogens (tertiary/aromatic N) is 3. The van der Waals surface area contributed by atoms with Gasteiger partial charge in [0.1, 0.15) is 5.52 Å². The van der Waals surface area contributed by atoms with E-state index in [1.165, 1.54) is 6.42 Å². The molecule has 1 aliphatic carbocycles. The van der Waals surface area contributed by atoms with Crippen LogP contribution in [0.15, 0.2) is 24.7 Å². The van der Waals surface area contributed by atoms with Crippen molar-refractivity contribution in [3.8, 4) is 0 Å². The zero-order valence-corrected chi connectivity index (χ0v) is 11.2. The number of hydrogen-bond donors (Lipinski definition) is 2. The molecule has 5 nitrogen and oxygen atoms in total. The zero-order chi connectivity index (χ0) is 13.3. The Morgan fingerprint density at radius 3 is 3.21 bits per heavy atom. The fraction of sp³-hybridized carbons (Fsp3) is 0.571. The highest BCUT2D eigenvalue weighted by atomic mass is 16.3. The van der Waals surface area contributed by atoms with Crippen LogP contribution in [0.3, 0.4) is 0 Å². The van der Waals surface area contributed by atoms with Gasteiger partial charge in [-0.3, -0.25) is 0 Å². The molecule has 2 aromatic heterocycles. The van der Waals surface area contributed by atoms with E-state index in [1.807, 2.05) is 12.3 Å². The molecule has 0 aliphatic heterocycles. The molecule has 19 heavy (non-hydrogen) atoms. The molecule has 1 aliphatic rings. The molecular formula is C14H20N4O. The second-order valence-electron chi connectivity index (χ2n) is 5.70. The van der Waals surface area contributed by atoms with E-state index in [-0.39, 0.29) is 12.1 Å². The molecule has 2 heterocycles. The molecule has 2 aromatic rings. The van der Waals surface area contributed by atoms with Gasteiger partial charge in [0.15, 0.2) is 5.82 Å². The lowest BCUT2D eigenvalue weighted by atomic mass is 9.77. The number of aromatic nitrogens is 3. The Bertz CT molecular complexity index is 567. The lowest BCUT2D eigenvalue weighted by Crippen LogP contribution is -2.46. The fourth-order valence-corrected chi connectivity index (χ4v) is 3.16. The van der Waals surface area contributed by atoms with Crippen LogP contribution in [0, 0.1) is 5.92 Å². The third-order valence-electron chi connectivity index (χ3n) is 4.10. The minimum Gasteiger partial charge on any atom is -0.394 e. The van der Waals surface area contributed by atoms with Gasteiger partial charge in [-0.15, -0.1) is 0 Å². The molecule has 1 fully saturated rings. The quantitative estimate of drug-likeness (QED) is 0.887. The maximum Gasteiger partial charge on any atom is 0.152 e. The molecule has 0 radical (unpaired) electrons. The van der Waals surface area contributed by atoms with Gasteiger partial charge in [-0.05, 0) is 24.8 Å². The lowest BCUT2D eigenvalue weighted by Gasteiger charge is -2.39. The predicted octanol–water partition coefficient (Wildman–Crippen LogP) is 2.08.